The lowest BCUT2D eigenvalue weighted by Crippen LogP contribution is -2.53. The van der Waals surface area contributed by atoms with Crippen molar-refractivity contribution in [3.8, 4) is 0 Å². The molecule has 2 atom stereocenters. The number of carboxylic acid groups (broad SMARTS) is 1. The molecule has 2 unspecified atom stereocenters. The van der Waals surface area contributed by atoms with Crippen LogP contribution in [-0.2, 0) is 19.1 Å². The first-order valence-electron chi connectivity index (χ1n) is 9.68. The Morgan fingerprint density at radius 1 is 1.23 bits per heavy atom. The average Bonchev–Trinajstić information content (AvgIpc) is 2.75. The number of carbonyl (C=O) groups is 3. The van der Waals surface area contributed by atoms with Crippen LogP contribution < -0.4 is 16.4 Å². The first-order valence-corrected chi connectivity index (χ1v) is 9.68. The van der Waals surface area contributed by atoms with Crippen molar-refractivity contribution in [2.24, 2.45) is 5.73 Å². The van der Waals surface area contributed by atoms with E-state index < -0.39 is 29.7 Å². The molecule has 172 valence electrons. The first-order chi connectivity index (χ1) is 14.3. The number of hydrogen-bond acceptors (Lipinski definition) is 8. The lowest BCUT2D eigenvalue weighted by molar-refractivity contribution is -0.161. The summed E-state index contributed by atoms with van der Waals surface area (Å²) in [6, 6.07) is 4.46. The van der Waals surface area contributed by atoms with Gasteiger partial charge in [-0.3, -0.25) is 20.3 Å². The average molecular weight is 457 g/mol. The van der Waals surface area contributed by atoms with Gasteiger partial charge in [0.05, 0.1) is 12.7 Å². The van der Waals surface area contributed by atoms with Gasteiger partial charge in [0.15, 0.2) is 11.6 Å². The van der Waals surface area contributed by atoms with Crippen molar-refractivity contribution in [2.45, 2.75) is 31.1 Å². The van der Waals surface area contributed by atoms with Gasteiger partial charge in [0.1, 0.15) is 11.9 Å². The standard InChI is InChI=1S/C20H28N4O6.ClH/c1-29-11-10-24-15(16(25)12-2-4-13(5-3-12)19(21)22)17(26)18(20(27)28)30-14-6-8-23-9-7-14;/h2-5,14-15,18,23-24H,6-11H2,1H3,(H3,21,22)(H,27,28);1H. The normalized spacial score (nSPS) is 16.0. The number of nitrogen functional groups attached to an aromatic ring is 1. The SMILES string of the molecule is COCCNC(C(=O)c1ccc(C(=N)N)cc1)C(=O)C(OC1CCNCC1)C(=O)O.Cl. The van der Waals surface area contributed by atoms with Gasteiger partial charge in [-0.15, -0.1) is 12.4 Å². The fourth-order valence-electron chi connectivity index (χ4n) is 3.13. The van der Waals surface area contributed by atoms with Crippen LogP contribution in [0.15, 0.2) is 24.3 Å². The molecule has 0 aliphatic carbocycles. The van der Waals surface area contributed by atoms with Gasteiger partial charge in [-0.2, -0.15) is 0 Å². The van der Waals surface area contributed by atoms with Crippen molar-refractivity contribution in [1.29, 1.82) is 5.41 Å². The van der Waals surface area contributed by atoms with Gasteiger partial charge in [0.2, 0.25) is 6.10 Å². The molecular weight excluding hydrogens is 428 g/mol. The number of carbonyl (C=O) groups excluding carboxylic acids is 2. The molecule has 0 bridgehead atoms. The number of rotatable bonds is 12. The van der Waals surface area contributed by atoms with Crippen molar-refractivity contribution >= 4 is 35.8 Å². The molecule has 6 N–H and O–H groups in total. The highest BCUT2D eigenvalue weighted by molar-refractivity contribution is 6.19. The van der Waals surface area contributed by atoms with E-state index in [1.165, 1.54) is 31.4 Å². The number of hydrogen-bond donors (Lipinski definition) is 5. The van der Waals surface area contributed by atoms with Gasteiger partial charge in [-0.25, -0.2) is 4.79 Å². The molecule has 1 aliphatic heterocycles. The Kier molecular flexibility index (Phi) is 11.3. The predicted octanol–water partition coefficient (Wildman–Crippen LogP) is -0.0293. The van der Waals surface area contributed by atoms with Gasteiger partial charge in [-0.1, -0.05) is 24.3 Å². The molecule has 0 spiro atoms. The summed E-state index contributed by atoms with van der Waals surface area (Å²) in [5, 5.41) is 22.9. The Hall–Kier alpha value is -2.37. The van der Waals surface area contributed by atoms with E-state index >= 15 is 0 Å². The Labute approximate surface area is 186 Å². The fraction of sp³-hybridized carbons (Fsp3) is 0.500. The maximum absolute atomic E-state index is 13.0. The second kappa shape index (κ2) is 13.1. The van der Waals surface area contributed by atoms with Crippen LogP contribution in [0.5, 0.6) is 0 Å². The minimum atomic E-state index is -1.76. The number of carboxylic acids is 1. The maximum Gasteiger partial charge on any atom is 0.340 e. The third kappa shape index (κ3) is 7.67. The highest BCUT2D eigenvalue weighted by Crippen LogP contribution is 2.15. The predicted molar refractivity (Wildman–Crippen MR) is 116 cm³/mol. The molecule has 1 saturated heterocycles. The number of nitrogens with two attached hydrogens (primary N) is 1. The minimum Gasteiger partial charge on any atom is -0.479 e. The largest absolute Gasteiger partial charge is 0.479 e. The molecule has 1 aliphatic rings. The molecule has 0 radical (unpaired) electrons. The van der Waals surface area contributed by atoms with Gasteiger partial charge in [0, 0.05) is 24.8 Å². The topological polar surface area (TPSA) is 164 Å². The summed E-state index contributed by atoms with van der Waals surface area (Å²) in [4.78, 5) is 37.8. The highest BCUT2D eigenvalue weighted by atomic mass is 35.5. The van der Waals surface area contributed by atoms with E-state index in [2.05, 4.69) is 10.6 Å². The molecule has 0 saturated carbocycles. The smallest absolute Gasteiger partial charge is 0.340 e. The third-order valence-corrected chi connectivity index (χ3v) is 4.78. The van der Waals surface area contributed by atoms with Gasteiger partial charge in [-0.05, 0) is 25.9 Å². The Bertz CT molecular complexity index is 767. The van der Waals surface area contributed by atoms with Crippen molar-refractivity contribution < 1.29 is 29.0 Å². The molecule has 1 fully saturated rings. The molecule has 0 aromatic heterocycles. The Morgan fingerprint density at radius 3 is 2.32 bits per heavy atom. The maximum atomic E-state index is 13.0. The number of piperidine rings is 1. The van der Waals surface area contributed by atoms with Crippen molar-refractivity contribution in [1.82, 2.24) is 10.6 Å². The number of nitrogens with one attached hydrogen (secondary N) is 3. The second-order valence-corrected chi connectivity index (χ2v) is 6.94. The summed E-state index contributed by atoms with van der Waals surface area (Å²) in [5.41, 5.74) is 6.04. The number of ether oxygens (including phenoxy) is 2. The van der Waals surface area contributed by atoms with Crippen molar-refractivity contribution in [3.63, 3.8) is 0 Å². The summed E-state index contributed by atoms with van der Waals surface area (Å²) in [5.74, 6) is -3.04. The van der Waals surface area contributed by atoms with Gasteiger partial charge in [0.25, 0.3) is 0 Å². The van der Waals surface area contributed by atoms with Gasteiger partial charge >= 0.3 is 5.97 Å². The molecule has 1 aromatic rings. The number of halogens is 1. The minimum absolute atomic E-state index is 0. The number of benzene rings is 1. The first kappa shape index (κ1) is 26.7. The Balaban J connectivity index is 0.00000480. The number of aliphatic carboxylic acids is 1. The molecule has 10 nitrogen and oxygen atoms in total. The van der Waals surface area contributed by atoms with E-state index in [4.69, 9.17) is 20.6 Å². The van der Waals surface area contributed by atoms with Crippen LogP contribution in [0.2, 0.25) is 0 Å². The molecular formula is C20H29ClN4O6. The quantitative estimate of drug-likeness (QED) is 0.0954. The zero-order valence-electron chi connectivity index (χ0n) is 17.3. The summed E-state index contributed by atoms with van der Waals surface area (Å²) in [7, 11) is 1.47. The Morgan fingerprint density at radius 2 is 1.81 bits per heavy atom. The number of ketones is 2. The van der Waals surface area contributed by atoms with Crippen LogP contribution in [0.4, 0.5) is 0 Å². The fourth-order valence-corrected chi connectivity index (χ4v) is 3.13. The zero-order valence-corrected chi connectivity index (χ0v) is 18.1. The number of methoxy groups -OCH3 is 1. The summed E-state index contributed by atoms with van der Waals surface area (Å²) >= 11 is 0. The molecule has 1 aromatic carbocycles. The molecule has 2 rings (SSSR count). The summed E-state index contributed by atoms with van der Waals surface area (Å²) in [6.07, 6.45) is -0.965. The van der Waals surface area contributed by atoms with Crippen molar-refractivity contribution in [3.05, 3.63) is 35.4 Å². The molecule has 31 heavy (non-hydrogen) atoms. The van der Waals surface area contributed by atoms with Crippen LogP contribution in [-0.4, -0.2) is 80.1 Å². The van der Waals surface area contributed by atoms with E-state index in [1.54, 1.807) is 0 Å². The molecule has 11 heteroatoms. The van der Waals surface area contributed by atoms with Gasteiger partial charge < -0.3 is 25.6 Å². The second-order valence-electron chi connectivity index (χ2n) is 6.94. The molecule has 0 amide bonds. The lowest BCUT2D eigenvalue weighted by atomic mass is 9.96. The van der Waals surface area contributed by atoms with Crippen LogP contribution in [0.1, 0.15) is 28.8 Å². The third-order valence-electron chi connectivity index (χ3n) is 4.78. The summed E-state index contributed by atoms with van der Waals surface area (Å²) in [6.45, 7) is 1.74. The van der Waals surface area contributed by atoms with E-state index in [1.807, 2.05) is 0 Å². The van der Waals surface area contributed by atoms with E-state index in [-0.39, 0.29) is 43.1 Å². The van der Waals surface area contributed by atoms with Crippen LogP contribution in [0, 0.1) is 5.41 Å². The van der Waals surface area contributed by atoms with Crippen LogP contribution >= 0.6 is 12.4 Å². The van der Waals surface area contributed by atoms with E-state index in [0.29, 0.717) is 31.5 Å². The highest BCUT2D eigenvalue weighted by Gasteiger charge is 2.39. The monoisotopic (exact) mass is 456 g/mol. The lowest BCUT2D eigenvalue weighted by Gasteiger charge is -2.27. The number of Topliss-reactive ketones (excluding diaryl/α,β-unsaturated/α-hetero) is 2. The van der Waals surface area contributed by atoms with Crippen LogP contribution in [0.25, 0.3) is 0 Å². The van der Waals surface area contributed by atoms with Crippen molar-refractivity contribution in [2.75, 3.05) is 33.4 Å². The van der Waals surface area contributed by atoms with E-state index in [0.717, 1.165) is 0 Å². The number of amidine groups is 1. The molecule has 1 heterocycles. The van der Waals surface area contributed by atoms with E-state index in [9.17, 15) is 19.5 Å². The summed E-state index contributed by atoms with van der Waals surface area (Å²) < 4.78 is 10.5. The zero-order chi connectivity index (χ0) is 22.1. The van der Waals surface area contributed by atoms with Crippen LogP contribution in [0.3, 0.4) is 0 Å².